The van der Waals surface area contributed by atoms with Gasteiger partial charge in [-0.3, -0.25) is 0 Å². The molecule has 0 amide bonds. The molecule has 0 spiro atoms. The Bertz CT molecular complexity index is 235. The summed E-state index contributed by atoms with van der Waals surface area (Å²) in [5.41, 5.74) is 1.45. The summed E-state index contributed by atoms with van der Waals surface area (Å²) in [4.78, 5) is 0. The molecule has 0 aromatic heterocycles. The van der Waals surface area contributed by atoms with Gasteiger partial charge in [-0.15, -0.1) is 0 Å². The van der Waals surface area contributed by atoms with Crippen molar-refractivity contribution in [1.29, 1.82) is 0 Å². The maximum absolute atomic E-state index is 2.39. The van der Waals surface area contributed by atoms with E-state index in [0.717, 1.165) is 0 Å². The first-order chi connectivity index (χ1) is 5.38. The second-order valence-corrected chi connectivity index (χ2v) is 4.08. The fraction of sp³-hybridized carbons (Fsp3) is 0.333. The Balaban J connectivity index is 2.17. The number of benzene rings is 1. The Hall–Kier alpha value is -0.0900. The summed E-state index contributed by atoms with van der Waals surface area (Å²) in [5.74, 6) is 0. The van der Waals surface area contributed by atoms with E-state index >= 15 is 0 Å². The predicted octanol–water partition coefficient (Wildman–Crippen LogP) is 2.78. The van der Waals surface area contributed by atoms with Gasteiger partial charge in [-0.05, 0) is 12.0 Å². The van der Waals surface area contributed by atoms with Gasteiger partial charge in [0.05, 0.1) is 0 Å². The van der Waals surface area contributed by atoms with E-state index in [9.17, 15) is 0 Å². The molecule has 11 heavy (non-hydrogen) atoms. The van der Waals surface area contributed by atoms with Crippen molar-refractivity contribution < 1.29 is 0 Å². The van der Waals surface area contributed by atoms with Crippen LogP contribution in [0.2, 0.25) is 0 Å². The van der Waals surface area contributed by atoms with E-state index in [-0.39, 0.29) is 0 Å². The standard InChI is InChI=1S/C9H10IN/c10-11-7-6-9(11)8-4-2-1-3-5-8/h1-5,9H,6-7H2. The molecule has 1 aromatic carbocycles. The van der Waals surface area contributed by atoms with Gasteiger partial charge in [-0.1, -0.05) is 30.3 Å². The SMILES string of the molecule is IN1CCC1c1ccccc1. The maximum atomic E-state index is 2.39. The minimum atomic E-state index is 0.678. The molecule has 1 aliphatic rings. The zero-order valence-electron chi connectivity index (χ0n) is 6.20. The van der Waals surface area contributed by atoms with E-state index < -0.39 is 0 Å². The zero-order chi connectivity index (χ0) is 7.68. The van der Waals surface area contributed by atoms with Crippen molar-refractivity contribution in [2.24, 2.45) is 0 Å². The van der Waals surface area contributed by atoms with Gasteiger partial charge in [0, 0.05) is 35.5 Å². The largest absolute Gasteiger partial charge is 0.240 e. The molecule has 0 radical (unpaired) electrons. The van der Waals surface area contributed by atoms with Crippen molar-refractivity contribution >= 4 is 22.9 Å². The van der Waals surface area contributed by atoms with Crippen molar-refractivity contribution in [3.63, 3.8) is 0 Å². The fourth-order valence-electron chi connectivity index (χ4n) is 1.36. The summed E-state index contributed by atoms with van der Waals surface area (Å²) in [5, 5.41) is 0. The van der Waals surface area contributed by atoms with E-state index in [4.69, 9.17) is 0 Å². The smallest absolute Gasteiger partial charge is 0.0456 e. The molecular weight excluding hydrogens is 249 g/mol. The molecular formula is C9H10IN. The van der Waals surface area contributed by atoms with Crippen LogP contribution in [-0.4, -0.2) is 9.66 Å². The maximum Gasteiger partial charge on any atom is 0.0456 e. The van der Waals surface area contributed by atoms with Gasteiger partial charge in [0.15, 0.2) is 0 Å². The Labute approximate surface area is 80.9 Å². The molecule has 1 saturated heterocycles. The number of hydrogen-bond donors (Lipinski definition) is 0. The Morgan fingerprint density at radius 2 is 2.00 bits per heavy atom. The van der Waals surface area contributed by atoms with Crippen molar-refractivity contribution in [2.75, 3.05) is 6.54 Å². The molecule has 2 heteroatoms. The minimum absolute atomic E-state index is 0.678. The van der Waals surface area contributed by atoms with E-state index in [0.29, 0.717) is 6.04 Å². The third-order valence-corrected chi connectivity index (χ3v) is 3.29. The molecule has 0 aliphatic carbocycles. The van der Waals surface area contributed by atoms with Crippen LogP contribution in [0.1, 0.15) is 18.0 Å². The number of rotatable bonds is 1. The topological polar surface area (TPSA) is 3.24 Å². The summed E-state index contributed by atoms with van der Waals surface area (Å²) < 4.78 is 2.35. The van der Waals surface area contributed by atoms with Crippen LogP contribution < -0.4 is 0 Å². The second-order valence-electron chi connectivity index (χ2n) is 2.84. The summed E-state index contributed by atoms with van der Waals surface area (Å²) >= 11 is 2.39. The molecule has 0 N–H and O–H groups in total. The summed E-state index contributed by atoms with van der Waals surface area (Å²) in [6.45, 7) is 1.24. The first kappa shape index (κ1) is 7.55. The second kappa shape index (κ2) is 3.11. The first-order valence-corrected chi connectivity index (χ1v) is 4.82. The minimum Gasteiger partial charge on any atom is -0.240 e. The number of hydrogen-bond acceptors (Lipinski definition) is 1. The number of halogens is 1. The molecule has 1 fully saturated rings. The van der Waals surface area contributed by atoms with Crippen LogP contribution in [0.25, 0.3) is 0 Å². The fourth-order valence-corrected chi connectivity index (χ4v) is 2.24. The van der Waals surface area contributed by atoms with E-state index in [1.807, 2.05) is 0 Å². The van der Waals surface area contributed by atoms with Crippen LogP contribution in [0.5, 0.6) is 0 Å². The molecule has 1 aliphatic heterocycles. The van der Waals surface area contributed by atoms with Crippen LogP contribution in [0, 0.1) is 0 Å². The highest BCUT2D eigenvalue weighted by molar-refractivity contribution is 14.1. The highest BCUT2D eigenvalue weighted by Crippen LogP contribution is 2.35. The predicted molar refractivity (Wildman–Crippen MR) is 54.5 cm³/mol. The van der Waals surface area contributed by atoms with E-state index in [1.165, 1.54) is 18.5 Å². The highest BCUT2D eigenvalue weighted by atomic mass is 127. The van der Waals surface area contributed by atoms with Gasteiger partial charge in [0.2, 0.25) is 0 Å². The molecule has 1 nitrogen and oxygen atoms in total. The Morgan fingerprint density at radius 1 is 1.27 bits per heavy atom. The van der Waals surface area contributed by atoms with E-state index in [2.05, 4.69) is 56.3 Å². The number of nitrogens with zero attached hydrogens (tertiary/aromatic N) is 1. The van der Waals surface area contributed by atoms with Gasteiger partial charge < -0.3 is 0 Å². The third-order valence-electron chi connectivity index (χ3n) is 2.14. The average Bonchev–Trinajstić information content (AvgIpc) is 2.04. The Kier molecular flexibility index (Phi) is 2.13. The van der Waals surface area contributed by atoms with E-state index in [1.54, 1.807) is 0 Å². The van der Waals surface area contributed by atoms with Crippen LogP contribution in [0.4, 0.5) is 0 Å². The lowest BCUT2D eigenvalue weighted by atomic mass is 9.98. The van der Waals surface area contributed by atoms with Gasteiger partial charge in [0.1, 0.15) is 0 Å². The summed E-state index contributed by atoms with van der Waals surface area (Å²) in [6.07, 6.45) is 1.31. The van der Waals surface area contributed by atoms with Crippen LogP contribution in [0.15, 0.2) is 30.3 Å². The van der Waals surface area contributed by atoms with Crippen LogP contribution in [0.3, 0.4) is 0 Å². The molecule has 58 valence electrons. The van der Waals surface area contributed by atoms with Crippen LogP contribution >= 0.6 is 22.9 Å². The summed E-state index contributed by atoms with van der Waals surface area (Å²) in [7, 11) is 0. The highest BCUT2D eigenvalue weighted by Gasteiger charge is 2.26. The van der Waals surface area contributed by atoms with Crippen LogP contribution in [-0.2, 0) is 0 Å². The lowest BCUT2D eigenvalue weighted by Gasteiger charge is -2.35. The zero-order valence-corrected chi connectivity index (χ0v) is 8.36. The molecule has 0 bridgehead atoms. The Morgan fingerprint density at radius 3 is 2.45 bits per heavy atom. The van der Waals surface area contributed by atoms with Gasteiger partial charge in [-0.2, -0.15) is 0 Å². The summed E-state index contributed by atoms with van der Waals surface area (Å²) in [6, 6.07) is 11.4. The van der Waals surface area contributed by atoms with Crippen molar-refractivity contribution in [2.45, 2.75) is 12.5 Å². The lowest BCUT2D eigenvalue weighted by molar-refractivity contribution is 0.251. The third kappa shape index (κ3) is 1.42. The monoisotopic (exact) mass is 259 g/mol. The van der Waals surface area contributed by atoms with Crippen molar-refractivity contribution in [1.82, 2.24) is 3.11 Å². The first-order valence-electron chi connectivity index (χ1n) is 3.85. The lowest BCUT2D eigenvalue weighted by Crippen LogP contribution is -2.32. The molecule has 1 aromatic rings. The van der Waals surface area contributed by atoms with Gasteiger partial charge >= 0.3 is 0 Å². The molecule has 1 heterocycles. The molecule has 1 unspecified atom stereocenters. The van der Waals surface area contributed by atoms with Crippen molar-refractivity contribution in [3.05, 3.63) is 35.9 Å². The molecule has 1 atom stereocenters. The molecule has 2 rings (SSSR count). The molecule has 0 saturated carbocycles. The van der Waals surface area contributed by atoms with Gasteiger partial charge in [0.25, 0.3) is 0 Å². The van der Waals surface area contributed by atoms with Gasteiger partial charge in [-0.25, -0.2) is 3.11 Å². The van der Waals surface area contributed by atoms with Crippen molar-refractivity contribution in [3.8, 4) is 0 Å². The normalized spacial score (nSPS) is 24.6. The quantitative estimate of drug-likeness (QED) is 0.553. The average molecular weight is 259 g/mol.